The summed E-state index contributed by atoms with van der Waals surface area (Å²) in [6.45, 7) is -0.302. The van der Waals surface area contributed by atoms with E-state index in [1.165, 1.54) is 6.07 Å². The van der Waals surface area contributed by atoms with Gasteiger partial charge in [-0.25, -0.2) is 4.79 Å². The number of hydrogen-bond donors (Lipinski definition) is 1. The van der Waals surface area contributed by atoms with Gasteiger partial charge in [0.2, 0.25) is 0 Å². The second-order valence-corrected chi connectivity index (χ2v) is 7.61. The van der Waals surface area contributed by atoms with Crippen LogP contribution >= 0.6 is 34.8 Å². The molecule has 1 amide bonds. The fraction of sp³-hybridized carbons (Fsp3) is 0.200. The van der Waals surface area contributed by atoms with Crippen LogP contribution in [0.4, 0.5) is 5.69 Å². The number of fused-ring (bicyclic) bond motifs is 3. The third kappa shape index (κ3) is 3.58. The minimum Gasteiger partial charge on any atom is -0.482 e. The number of carbonyl (C=O) groups is 1. The van der Waals surface area contributed by atoms with Gasteiger partial charge in [-0.1, -0.05) is 40.9 Å². The van der Waals surface area contributed by atoms with Gasteiger partial charge in [0, 0.05) is 17.0 Å². The molecular formula is C20H14Cl3NO4. The average Bonchev–Trinajstić information content (AvgIpc) is 3.15. The van der Waals surface area contributed by atoms with Gasteiger partial charge in [-0.2, -0.15) is 0 Å². The molecule has 0 saturated heterocycles. The van der Waals surface area contributed by atoms with E-state index in [0.29, 0.717) is 21.3 Å². The molecule has 0 unspecified atom stereocenters. The first-order valence-electron chi connectivity index (χ1n) is 8.59. The van der Waals surface area contributed by atoms with Crippen LogP contribution in [0.1, 0.15) is 17.5 Å². The van der Waals surface area contributed by atoms with Crippen molar-refractivity contribution in [3.8, 4) is 5.75 Å². The largest absolute Gasteiger partial charge is 0.482 e. The summed E-state index contributed by atoms with van der Waals surface area (Å²) < 4.78 is 10.9. The highest BCUT2D eigenvalue weighted by atomic mass is 35.5. The number of aryl methyl sites for hydroxylation is 1. The van der Waals surface area contributed by atoms with Crippen molar-refractivity contribution in [3.63, 3.8) is 0 Å². The lowest BCUT2D eigenvalue weighted by atomic mass is 10.1. The average molecular weight is 439 g/mol. The summed E-state index contributed by atoms with van der Waals surface area (Å²) >= 11 is 18.3. The molecule has 0 saturated carbocycles. The van der Waals surface area contributed by atoms with Crippen molar-refractivity contribution in [2.75, 3.05) is 11.9 Å². The van der Waals surface area contributed by atoms with Crippen LogP contribution < -0.4 is 15.7 Å². The molecule has 1 aliphatic rings. The van der Waals surface area contributed by atoms with Crippen LogP contribution in [0.5, 0.6) is 5.75 Å². The zero-order valence-electron chi connectivity index (χ0n) is 14.5. The molecule has 1 N–H and O–H groups in total. The summed E-state index contributed by atoms with van der Waals surface area (Å²) in [6, 6.07) is 8.17. The van der Waals surface area contributed by atoms with Crippen LogP contribution in [-0.2, 0) is 17.6 Å². The van der Waals surface area contributed by atoms with Crippen LogP contribution in [0.3, 0.4) is 0 Å². The van der Waals surface area contributed by atoms with Crippen LogP contribution in [0.15, 0.2) is 39.5 Å². The van der Waals surface area contributed by atoms with E-state index in [-0.39, 0.29) is 23.0 Å². The quantitative estimate of drug-likeness (QED) is 0.564. The van der Waals surface area contributed by atoms with Gasteiger partial charge in [0.05, 0.1) is 20.8 Å². The number of amides is 1. The normalized spacial score (nSPS) is 12.8. The first-order chi connectivity index (χ1) is 13.4. The van der Waals surface area contributed by atoms with E-state index in [9.17, 15) is 9.59 Å². The molecule has 0 radical (unpaired) electrons. The Morgan fingerprint density at radius 2 is 1.89 bits per heavy atom. The molecule has 1 heterocycles. The zero-order valence-corrected chi connectivity index (χ0v) is 16.7. The second-order valence-electron chi connectivity index (χ2n) is 6.42. The van der Waals surface area contributed by atoms with E-state index >= 15 is 0 Å². The second kappa shape index (κ2) is 7.66. The predicted molar refractivity (Wildman–Crippen MR) is 110 cm³/mol. The summed E-state index contributed by atoms with van der Waals surface area (Å²) in [5.74, 6) is -0.182. The van der Waals surface area contributed by atoms with E-state index < -0.39 is 5.91 Å². The number of hydrogen-bond acceptors (Lipinski definition) is 4. The number of nitrogens with one attached hydrogen (secondary N) is 1. The number of ether oxygens (including phenoxy) is 1. The van der Waals surface area contributed by atoms with Crippen molar-refractivity contribution >= 4 is 57.4 Å². The summed E-state index contributed by atoms with van der Waals surface area (Å²) in [5.41, 5.74) is 2.14. The van der Waals surface area contributed by atoms with Crippen molar-refractivity contribution in [1.29, 1.82) is 0 Å². The molecule has 28 heavy (non-hydrogen) atoms. The molecule has 5 nitrogen and oxygen atoms in total. The Balaban J connectivity index is 1.54. The van der Waals surface area contributed by atoms with E-state index in [4.69, 9.17) is 44.0 Å². The maximum atomic E-state index is 12.2. The molecule has 8 heteroatoms. The number of rotatable bonds is 4. The highest BCUT2D eigenvalue weighted by molar-refractivity contribution is 6.44. The molecule has 144 valence electrons. The Morgan fingerprint density at radius 3 is 2.71 bits per heavy atom. The van der Waals surface area contributed by atoms with Crippen LogP contribution in [-0.4, -0.2) is 12.5 Å². The first kappa shape index (κ1) is 19.1. The maximum Gasteiger partial charge on any atom is 0.339 e. The molecule has 0 bridgehead atoms. The Morgan fingerprint density at radius 1 is 1.11 bits per heavy atom. The summed E-state index contributed by atoms with van der Waals surface area (Å²) in [7, 11) is 0. The van der Waals surface area contributed by atoms with Gasteiger partial charge in [0.15, 0.2) is 6.61 Å². The number of halogens is 3. The van der Waals surface area contributed by atoms with Gasteiger partial charge in [0.25, 0.3) is 5.91 Å². The van der Waals surface area contributed by atoms with Crippen molar-refractivity contribution in [2.45, 2.75) is 19.3 Å². The Bertz CT molecular complexity index is 1160. The minimum atomic E-state index is -0.435. The maximum absolute atomic E-state index is 12.2. The first-order valence-corrected chi connectivity index (χ1v) is 9.72. The van der Waals surface area contributed by atoms with Crippen molar-refractivity contribution < 1.29 is 13.9 Å². The standard InChI is InChI=1S/C20H14Cl3NO4/c21-13-5-2-6-15(19(13)23)24-18(25)9-27-17-8-16-12(7-14(17)22)10-3-1-4-11(10)20(26)28-16/h2,5-8H,1,3-4,9H2,(H,24,25). The highest BCUT2D eigenvalue weighted by Crippen LogP contribution is 2.35. The van der Waals surface area contributed by atoms with Crippen LogP contribution in [0.2, 0.25) is 15.1 Å². The lowest BCUT2D eigenvalue weighted by Crippen LogP contribution is -2.20. The third-order valence-corrected chi connectivity index (χ3v) is 5.72. The van der Waals surface area contributed by atoms with E-state index in [2.05, 4.69) is 5.32 Å². The molecule has 1 aromatic heterocycles. The van der Waals surface area contributed by atoms with Crippen LogP contribution in [0, 0.1) is 0 Å². The molecule has 0 spiro atoms. The van der Waals surface area contributed by atoms with Crippen molar-refractivity contribution in [1.82, 2.24) is 0 Å². The summed E-state index contributed by atoms with van der Waals surface area (Å²) in [4.78, 5) is 24.3. The summed E-state index contributed by atoms with van der Waals surface area (Å²) in [6.07, 6.45) is 2.45. The Kier molecular flexibility index (Phi) is 5.23. The molecule has 0 atom stereocenters. The lowest BCUT2D eigenvalue weighted by molar-refractivity contribution is -0.118. The monoisotopic (exact) mass is 437 g/mol. The third-order valence-electron chi connectivity index (χ3n) is 4.61. The predicted octanol–water partition coefficient (Wildman–Crippen LogP) is 5.26. The van der Waals surface area contributed by atoms with E-state index in [0.717, 1.165) is 35.8 Å². The summed E-state index contributed by atoms with van der Waals surface area (Å²) in [5, 5.41) is 4.35. The molecule has 4 rings (SSSR count). The Labute approximate surface area is 175 Å². The van der Waals surface area contributed by atoms with Gasteiger partial charge in [-0.05, 0) is 43.0 Å². The smallest absolute Gasteiger partial charge is 0.339 e. The van der Waals surface area contributed by atoms with Gasteiger partial charge in [0.1, 0.15) is 11.3 Å². The minimum absolute atomic E-state index is 0.247. The molecule has 3 aromatic rings. The number of benzene rings is 2. The zero-order chi connectivity index (χ0) is 19.8. The molecule has 2 aromatic carbocycles. The van der Waals surface area contributed by atoms with Crippen LogP contribution in [0.25, 0.3) is 11.0 Å². The molecular weight excluding hydrogens is 425 g/mol. The van der Waals surface area contributed by atoms with Gasteiger partial charge >= 0.3 is 5.63 Å². The SMILES string of the molecule is O=C(COc1cc2oc(=O)c3c(c2cc1Cl)CCC3)Nc1cccc(Cl)c1Cl. The van der Waals surface area contributed by atoms with Gasteiger partial charge in [-0.3, -0.25) is 4.79 Å². The lowest BCUT2D eigenvalue weighted by Gasteiger charge is -2.12. The fourth-order valence-electron chi connectivity index (χ4n) is 3.32. The molecule has 0 fully saturated rings. The number of anilines is 1. The van der Waals surface area contributed by atoms with Gasteiger partial charge < -0.3 is 14.5 Å². The topological polar surface area (TPSA) is 68.5 Å². The van der Waals surface area contributed by atoms with Crippen molar-refractivity contribution in [2.24, 2.45) is 0 Å². The fourth-order valence-corrected chi connectivity index (χ4v) is 3.89. The number of carbonyl (C=O) groups excluding carboxylic acids is 1. The van der Waals surface area contributed by atoms with E-state index in [1.807, 2.05) is 0 Å². The molecule has 1 aliphatic carbocycles. The van der Waals surface area contributed by atoms with Gasteiger partial charge in [-0.15, -0.1) is 0 Å². The van der Waals surface area contributed by atoms with Crippen molar-refractivity contribution in [3.05, 3.63) is 66.9 Å². The van der Waals surface area contributed by atoms with E-state index in [1.54, 1.807) is 24.3 Å². The molecule has 0 aliphatic heterocycles. The highest BCUT2D eigenvalue weighted by Gasteiger charge is 2.21. The Hall–Kier alpha value is -2.21.